The number of fused-ring (bicyclic) bond motifs is 2. The highest BCUT2D eigenvalue weighted by Gasteiger charge is 2.29. The first kappa shape index (κ1) is 17.1. The molecule has 0 aliphatic heterocycles. The lowest BCUT2D eigenvalue weighted by Crippen LogP contribution is -2.13. The van der Waals surface area contributed by atoms with Gasteiger partial charge in [-0.05, 0) is 67.0 Å². The zero-order chi connectivity index (χ0) is 17.6. The highest BCUT2D eigenvalue weighted by Crippen LogP contribution is 2.33. The molecule has 0 aromatic carbocycles. The maximum atomic E-state index is 11.6. The highest BCUT2D eigenvalue weighted by molar-refractivity contribution is 5.79. The summed E-state index contributed by atoms with van der Waals surface area (Å²) >= 11 is 0. The Labute approximate surface area is 147 Å². The van der Waals surface area contributed by atoms with E-state index in [9.17, 15) is 4.79 Å². The molecular weight excluding hydrogens is 314 g/mol. The molecule has 2 heterocycles. The molecule has 0 bridgehead atoms. The molecule has 4 rings (SSSR count). The molecule has 2 unspecified atom stereocenters. The van der Waals surface area contributed by atoms with Gasteiger partial charge in [0.2, 0.25) is 0 Å². The number of hydrogen-bond donors (Lipinski definition) is 0. The average Bonchev–Trinajstić information content (AvgIpc) is 3.26. The number of pyridine rings is 2. The fraction of sp³-hybridized carbons (Fsp3) is 0.400. The highest BCUT2D eigenvalue weighted by atomic mass is 16.5. The molecule has 2 aromatic heterocycles. The van der Waals surface area contributed by atoms with Gasteiger partial charge in [-0.25, -0.2) is 0 Å². The second kappa shape index (κ2) is 7.89. The fourth-order valence-electron chi connectivity index (χ4n) is 3.49. The second-order valence-electron chi connectivity index (χ2n) is 6.21. The molecule has 128 valence electrons. The number of aryl methyl sites for hydroxylation is 2. The molecule has 2 aliphatic rings. The average molecular weight is 335 g/mol. The molecule has 0 N–H and O–H groups in total. The van der Waals surface area contributed by atoms with E-state index >= 15 is 0 Å². The summed E-state index contributed by atoms with van der Waals surface area (Å²) < 4.78 is 5.02. The largest absolute Gasteiger partial charge is 0.466 e. The lowest BCUT2D eigenvalue weighted by molar-refractivity contribution is -0.144. The van der Waals surface area contributed by atoms with Crippen LogP contribution in [0.4, 0.5) is 0 Å². The van der Waals surface area contributed by atoms with Crippen LogP contribution in [0.15, 0.2) is 36.9 Å². The molecule has 2 aliphatic carbocycles. The first-order valence-corrected chi connectivity index (χ1v) is 8.66. The monoisotopic (exact) mass is 335 g/mol. The van der Waals surface area contributed by atoms with Crippen LogP contribution in [0.5, 0.6) is 0 Å². The lowest BCUT2D eigenvalue weighted by atomic mass is 10.0. The van der Waals surface area contributed by atoms with E-state index in [0.29, 0.717) is 6.61 Å². The van der Waals surface area contributed by atoms with Crippen LogP contribution in [0.1, 0.15) is 53.9 Å². The van der Waals surface area contributed by atoms with Crippen molar-refractivity contribution < 1.29 is 9.53 Å². The van der Waals surface area contributed by atoms with Gasteiger partial charge in [-0.15, -0.1) is 0 Å². The van der Waals surface area contributed by atoms with Crippen molar-refractivity contribution in [2.75, 3.05) is 6.61 Å². The number of ether oxygens (including phenoxy) is 1. The normalized spacial score (nSPS) is 19.8. The molecule has 0 spiro atoms. The minimum Gasteiger partial charge on any atom is -0.466 e. The molecule has 0 saturated carbocycles. The van der Waals surface area contributed by atoms with Gasteiger partial charge in [0.15, 0.2) is 0 Å². The lowest BCUT2D eigenvalue weighted by Gasteiger charge is -2.09. The molecule has 0 fully saturated rings. The van der Waals surface area contributed by atoms with E-state index in [1.807, 2.05) is 25.3 Å². The standard InChI is InChI=1S/C11H13NO2.C9H8N2/c1-2-14-11(13)9-4-3-8-5-6-12-7-10(8)9;10-5-8-2-1-7-3-4-11-6-9(7)8/h5-7,9H,2-4H2,1H3;3-4,6,8H,1-2H2. The predicted octanol–water partition coefficient (Wildman–Crippen LogP) is 3.31. The van der Waals surface area contributed by atoms with Gasteiger partial charge in [-0.1, -0.05) is 0 Å². The first-order valence-electron chi connectivity index (χ1n) is 8.66. The summed E-state index contributed by atoms with van der Waals surface area (Å²) in [6.07, 6.45) is 11.0. The molecule has 5 nitrogen and oxygen atoms in total. The minimum atomic E-state index is -0.112. The Morgan fingerprint density at radius 2 is 1.80 bits per heavy atom. The number of esters is 1. The maximum absolute atomic E-state index is 11.6. The van der Waals surface area contributed by atoms with Crippen molar-refractivity contribution in [3.63, 3.8) is 0 Å². The van der Waals surface area contributed by atoms with Crippen LogP contribution in [0.3, 0.4) is 0 Å². The molecule has 25 heavy (non-hydrogen) atoms. The van der Waals surface area contributed by atoms with Crippen LogP contribution in [-0.4, -0.2) is 22.5 Å². The van der Waals surface area contributed by atoms with Crippen molar-refractivity contribution >= 4 is 5.97 Å². The summed E-state index contributed by atoms with van der Waals surface area (Å²) in [5, 5.41) is 8.74. The third-order valence-electron chi connectivity index (χ3n) is 4.77. The Kier molecular flexibility index (Phi) is 5.39. The van der Waals surface area contributed by atoms with E-state index in [0.717, 1.165) is 36.8 Å². The molecule has 0 radical (unpaired) electrons. The molecule has 2 aromatic rings. The van der Waals surface area contributed by atoms with Crippen molar-refractivity contribution in [3.8, 4) is 6.07 Å². The number of carbonyl (C=O) groups is 1. The Bertz CT molecular complexity index is 798. The van der Waals surface area contributed by atoms with Gasteiger partial charge in [-0.3, -0.25) is 14.8 Å². The molecule has 5 heteroatoms. The summed E-state index contributed by atoms with van der Waals surface area (Å²) in [4.78, 5) is 19.6. The summed E-state index contributed by atoms with van der Waals surface area (Å²) in [7, 11) is 0. The maximum Gasteiger partial charge on any atom is 0.313 e. The van der Waals surface area contributed by atoms with E-state index in [1.54, 1.807) is 18.6 Å². The summed E-state index contributed by atoms with van der Waals surface area (Å²) in [5.74, 6) is -0.100. The van der Waals surface area contributed by atoms with Gasteiger partial charge in [-0.2, -0.15) is 5.26 Å². The SMILES string of the molecule is CCOC(=O)C1CCc2ccncc21.N#CC1CCc2ccncc21. The van der Waals surface area contributed by atoms with E-state index in [4.69, 9.17) is 10.00 Å². The topological polar surface area (TPSA) is 75.9 Å². The summed E-state index contributed by atoms with van der Waals surface area (Å²) in [5.41, 5.74) is 4.71. The van der Waals surface area contributed by atoms with Crippen molar-refractivity contribution in [2.45, 2.75) is 44.4 Å². The first-order chi connectivity index (χ1) is 12.2. The second-order valence-corrected chi connectivity index (χ2v) is 6.21. The Hall–Kier alpha value is -2.74. The molecule has 2 atom stereocenters. The number of hydrogen-bond acceptors (Lipinski definition) is 5. The van der Waals surface area contributed by atoms with E-state index in [1.165, 1.54) is 11.1 Å². The third kappa shape index (κ3) is 3.69. The van der Waals surface area contributed by atoms with E-state index < -0.39 is 0 Å². The van der Waals surface area contributed by atoms with Crippen molar-refractivity contribution in [1.29, 1.82) is 5.26 Å². The Morgan fingerprint density at radius 1 is 1.16 bits per heavy atom. The van der Waals surface area contributed by atoms with Crippen LogP contribution < -0.4 is 0 Å². The van der Waals surface area contributed by atoms with Gasteiger partial charge in [0, 0.05) is 24.8 Å². The summed E-state index contributed by atoms with van der Waals surface area (Å²) in [6.45, 7) is 2.28. The quantitative estimate of drug-likeness (QED) is 0.787. The minimum absolute atomic E-state index is 0.0846. The van der Waals surface area contributed by atoms with Crippen LogP contribution in [0.2, 0.25) is 0 Å². The van der Waals surface area contributed by atoms with Crippen molar-refractivity contribution in [1.82, 2.24) is 9.97 Å². The van der Waals surface area contributed by atoms with Crippen LogP contribution in [0.25, 0.3) is 0 Å². The zero-order valence-electron chi connectivity index (χ0n) is 14.3. The van der Waals surface area contributed by atoms with Gasteiger partial charge in [0.25, 0.3) is 0 Å². The smallest absolute Gasteiger partial charge is 0.313 e. The number of aromatic nitrogens is 2. The Balaban J connectivity index is 0.000000150. The third-order valence-corrected chi connectivity index (χ3v) is 4.77. The van der Waals surface area contributed by atoms with E-state index in [-0.39, 0.29) is 17.8 Å². The van der Waals surface area contributed by atoms with Crippen LogP contribution in [0, 0.1) is 11.3 Å². The number of nitrogens with zero attached hydrogens (tertiary/aromatic N) is 3. The van der Waals surface area contributed by atoms with Crippen LogP contribution >= 0.6 is 0 Å². The van der Waals surface area contributed by atoms with Gasteiger partial charge in [0.05, 0.1) is 24.5 Å². The molecule has 0 amide bonds. The Morgan fingerprint density at radius 3 is 2.48 bits per heavy atom. The fourth-order valence-corrected chi connectivity index (χ4v) is 3.49. The number of carbonyl (C=O) groups excluding carboxylic acids is 1. The number of rotatable bonds is 2. The molecule has 0 saturated heterocycles. The van der Waals surface area contributed by atoms with Crippen LogP contribution in [-0.2, 0) is 22.4 Å². The van der Waals surface area contributed by atoms with Crippen molar-refractivity contribution in [3.05, 3.63) is 59.2 Å². The molecular formula is C20H21N3O2. The van der Waals surface area contributed by atoms with Crippen molar-refractivity contribution in [2.24, 2.45) is 0 Å². The van der Waals surface area contributed by atoms with E-state index in [2.05, 4.69) is 16.0 Å². The van der Waals surface area contributed by atoms with Gasteiger partial charge >= 0.3 is 5.97 Å². The van der Waals surface area contributed by atoms with Gasteiger partial charge < -0.3 is 4.74 Å². The van der Waals surface area contributed by atoms with Gasteiger partial charge in [0.1, 0.15) is 0 Å². The number of nitriles is 1. The zero-order valence-corrected chi connectivity index (χ0v) is 14.3. The predicted molar refractivity (Wildman–Crippen MR) is 92.8 cm³/mol. The summed E-state index contributed by atoms with van der Waals surface area (Å²) in [6, 6.07) is 6.27.